The fourth-order valence-electron chi connectivity index (χ4n) is 2.23. The van der Waals surface area contributed by atoms with Crippen molar-refractivity contribution >= 4 is 11.8 Å². The summed E-state index contributed by atoms with van der Waals surface area (Å²) in [5.41, 5.74) is 0. The van der Waals surface area contributed by atoms with Crippen molar-refractivity contribution < 1.29 is 24.9 Å². The molecule has 0 saturated heterocycles. The number of carbonyl (C=O) groups excluding carboxylic acids is 1. The molecular weight excluding hydrogens is 272 g/mol. The maximum atomic E-state index is 11.6. The number of aliphatic hydroxyl groups is 2. The second kappa shape index (κ2) is 14.0. The Hall–Kier alpha value is -0.940. The van der Waals surface area contributed by atoms with Crippen molar-refractivity contribution in [3.8, 4) is 0 Å². The number of aliphatic carboxylic acids is 1. The van der Waals surface area contributed by atoms with Crippen LogP contribution < -0.4 is 0 Å². The first-order valence-electron chi connectivity index (χ1n) is 8.11. The maximum Gasteiger partial charge on any atom is 0.332 e. The monoisotopic (exact) mass is 302 g/mol. The summed E-state index contributed by atoms with van der Waals surface area (Å²) in [5, 5.41) is 26.2. The van der Waals surface area contributed by atoms with Crippen molar-refractivity contribution in [2.45, 2.75) is 83.2 Å². The zero-order chi connectivity index (χ0) is 15.9. The highest BCUT2D eigenvalue weighted by molar-refractivity contribution is 5.78. The smallest absolute Gasteiger partial charge is 0.332 e. The second-order valence-corrected chi connectivity index (χ2v) is 5.59. The lowest BCUT2D eigenvalue weighted by Gasteiger charge is -2.05. The van der Waals surface area contributed by atoms with Gasteiger partial charge in [-0.15, -0.1) is 0 Å². The first kappa shape index (κ1) is 20.1. The van der Waals surface area contributed by atoms with Gasteiger partial charge < -0.3 is 15.3 Å². The summed E-state index contributed by atoms with van der Waals surface area (Å²) in [5.74, 6) is -0.855. The van der Waals surface area contributed by atoms with Gasteiger partial charge in [-0.25, -0.2) is 4.79 Å². The lowest BCUT2D eigenvalue weighted by atomic mass is 10.0. The van der Waals surface area contributed by atoms with Crippen LogP contribution >= 0.6 is 0 Å². The van der Waals surface area contributed by atoms with Crippen molar-refractivity contribution in [3.63, 3.8) is 0 Å². The van der Waals surface area contributed by atoms with E-state index in [0.29, 0.717) is 25.0 Å². The van der Waals surface area contributed by atoms with Crippen LogP contribution in [0.4, 0.5) is 0 Å². The summed E-state index contributed by atoms with van der Waals surface area (Å²) in [6.07, 6.45) is 8.57. The lowest BCUT2D eigenvalue weighted by Crippen LogP contribution is -2.18. The Morgan fingerprint density at radius 2 is 1.24 bits per heavy atom. The van der Waals surface area contributed by atoms with E-state index in [2.05, 4.69) is 0 Å². The van der Waals surface area contributed by atoms with Gasteiger partial charge in [0.05, 0.1) is 0 Å². The number of carboxylic acids is 1. The lowest BCUT2D eigenvalue weighted by molar-refractivity contribution is -0.146. The van der Waals surface area contributed by atoms with Gasteiger partial charge in [0, 0.05) is 19.4 Å². The van der Waals surface area contributed by atoms with E-state index in [1.165, 1.54) is 0 Å². The molecule has 3 N–H and O–H groups in total. The molecule has 1 atom stereocenters. The third kappa shape index (κ3) is 13.8. The number of carboxylic acid groups (broad SMARTS) is 1. The van der Waals surface area contributed by atoms with E-state index in [1.54, 1.807) is 0 Å². The molecule has 0 aliphatic rings. The van der Waals surface area contributed by atoms with Crippen LogP contribution in [0, 0.1) is 0 Å². The first-order chi connectivity index (χ1) is 10.1. The number of ketones is 1. The maximum absolute atomic E-state index is 11.6. The largest absolute Gasteiger partial charge is 0.479 e. The van der Waals surface area contributed by atoms with Gasteiger partial charge in [-0.2, -0.15) is 0 Å². The molecule has 5 heteroatoms. The summed E-state index contributed by atoms with van der Waals surface area (Å²) < 4.78 is 0. The number of Topliss-reactive ketones (excluding diaryl/α,β-unsaturated/α-hetero) is 1. The quantitative estimate of drug-likeness (QED) is 0.404. The molecule has 0 rings (SSSR count). The summed E-state index contributed by atoms with van der Waals surface area (Å²) in [7, 11) is 0. The van der Waals surface area contributed by atoms with Crippen molar-refractivity contribution in [1.82, 2.24) is 0 Å². The number of hydrogen-bond acceptors (Lipinski definition) is 4. The predicted octanol–water partition coefficient (Wildman–Crippen LogP) is 2.67. The van der Waals surface area contributed by atoms with Crippen LogP contribution in [0.15, 0.2) is 0 Å². The van der Waals surface area contributed by atoms with Crippen molar-refractivity contribution in [2.75, 3.05) is 6.61 Å². The standard InChI is InChI=1S/C16H30O5/c17-13-9-5-1-2-6-10-14(18)11-7-3-4-8-12-15(19)16(20)21/h15,17,19H,1-13H2,(H,20,21)/t15-/m1/s1. The molecule has 0 aliphatic heterocycles. The van der Waals surface area contributed by atoms with Crippen LogP contribution in [0.3, 0.4) is 0 Å². The summed E-state index contributed by atoms with van der Waals surface area (Å²) in [6, 6.07) is 0. The summed E-state index contributed by atoms with van der Waals surface area (Å²) in [4.78, 5) is 22.0. The Balaban J connectivity index is 3.28. The van der Waals surface area contributed by atoms with Gasteiger partial charge >= 0.3 is 5.97 Å². The average molecular weight is 302 g/mol. The first-order valence-corrected chi connectivity index (χ1v) is 8.11. The van der Waals surface area contributed by atoms with Crippen LogP contribution in [0.2, 0.25) is 0 Å². The van der Waals surface area contributed by atoms with Crippen molar-refractivity contribution in [1.29, 1.82) is 0 Å². The van der Waals surface area contributed by atoms with E-state index in [9.17, 15) is 9.59 Å². The molecule has 0 aromatic rings. The molecule has 0 radical (unpaired) electrons. The Morgan fingerprint density at radius 3 is 1.76 bits per heavy atom. The van der Waals surface area contributed by atoms with Gasteiger partial charge in [0.25, 0.3) is 0 Å². The fourth-order valence-corrected chi connectivity index (χ4v) is 2.23. The van der Waals surface area contributed by atoms with E-state index in [-0.39, 0.29) is 13.0 Å². The molecule has 0 aliphatic carbocycles. The van der Waals surface area contributed by atoms with Gasteiger partial charge in [-0.1, -0.05) is 38.5 Å². The van der Waals surface area contributed by atoms with E-state index in [0.717, 1.165) is 51.4 Å². The molecule has 124 valence electrons. The van der Waals surface area contributed by atoms with Gasteiger partial charge in [0.1, 0.15) is 5.78 Å². The Bertz CT molecular complexity index is 278. The molecule has 0 amide bonds. The number of hydrogen-bond donors (Lipinski definition) is 3. The SMILES string of the molecule is O=C(CCCCCCCO)CCCCCC[C@@H](O)C(=O)O. The van der Waals surface area contributed by atoms with Gasteiger partial charge in [-0.05, 0) is 25.7 Å². The summed E-state index contributed by atoms with van der Waals surface area (Å²) in [6.45, 7) is 0.252. The van der Waals surface area contributed by atoms with Gasteiger partial charge in [0.15, 0.2) is 6.10 Å². The Morgan fingerprint density at radius 1 is 0.762 bits per heavy atom. The van der Waals surface area contributed by atoms with Crippen LogP contribution in [0.5, 0.6) is 0 Å². The zero-order valence-corrected chi connectivity index (χ0v) is 12.9. The van der Waals surface area contributed by atoms with Crippen LogP contribution in [-0.4, -0.2) is 39.8 Å². The Kier molecular flexibility index (Phi) is 13.4. The summed E-state index contributed by atoms with van der Waals surface area (Å²) >= 11 is 0. The molecule has 0 aromatic heterocycles. The van der Waals surface area contributed by atoms with E-state index >= 15 is 0 Å². The van der Waals surface area contributed by atoms with Crippen LogP contribution in [0.1, 0.15) is 77.0 Å². The fraction of sp³-hybridized carbons (Fsp3) is 0.875. The van der Waals surface area contributed by atoms with Crippen molar-refractivity contribution in [3.05, 3.63) is 0 Å². The highest BCUT2D eigenvalue weighted by atomic mass is 16.4. The number of aliphatic hydroxyl groups excluding tert-OH is 2. The number of unbranched alkanes of at least 4 members (excludes halogenated alkanes) is 7. The molecule has 0 saturated carbocycles. The highest BCUT2D eigenvalue weighted by Gasteiger charge is 2.11. The average Bonchev–Trinajstić information content (AvgIpc) is 2.45. The van der Waals surface area contributed by atoms with Crippen LogP contribution in [0.25, 0.3) is 0 Å². The molecule has 0 aromatic carbocycles. The van der Waals surface area contributed by atoms with Gasteiger partial charge in [-0.3, -0.25) is 4.79 Å². The van der Waals surface area contributed by atoms with Crippen LogP contribution in [-0.2, 0) is 9.59 Å². The molecular formula is C16H30O5. The normalized spacial score (nSPS) is 12.3. The third-order valence-corrected chi connectivity index (χ3v) is 3.58. The van der Waals surface area contributed by atoms with E-state index in [4.69, 9.17) is 15.3 Å². The molecule has 0 unspecified atom stereocenters. The topological polar surface area (TPSA) is 94.8 Å². The third-order valence-electron chi connectivity index (χ3n) is 3.58. The minimum Gasteiger partial charge on any atom is -0.479 e. The minimum absolute atomic E-state index is 0.252. The minimum atomic E-state index is -1.25. The molecule has 21 heavy (non-hydrogen) atoms. The van der Waals surface area contributed by atoms with E-state index < -0.39 is 12.1 Å². The highest BCUT2D eigenvalue weighted by Crippen LogP contribution is 2.11. The molecule has 5 nitrogen and oxygen atoms in total. The molecule has 0 fully saturated rings. The molecule has 0 heterocycles. The number of carbonyl (C=O) groups is 2. The van der Waals surface area contributed by atoms with Gasteiger partial charge in [0.2, 0.25) is 0 Å². The zero-order valence-electron chi connectivity index (χ0n) is 12.9. The molecule has 0 spiro atoms. The number of rotatable bonds is 15. The predicted molar refractivity (Wildman–Crippen MR) is 81.1 cm³/mol. The van der Waals surface area contributed by atoms with E-state index in [1.807, 2.05) is 0 Å². The second-order valence-electron chi connectivity index (χ2n) is 5.59. The molecule has 0 bridgehead atoms. The Labute approximate surface area is 127 Å². The van der Waals surface area contributed by atoms with Crippen molar-refractivity contribution in [2.24, 2.45) is 0 Å².